The quantitative estimate of drug-likeness (QED) is 0.858. The largest absolute Gasteiger partial charge is 0.406 e. The summed E-state index contributed by atoms with van der Waals surface area (Å²) < 4.78 is 39.2. The van der Waals surface area contributed by atoms with E-state index < -0.39 is 12.7 Å². The van der Waals surface area contributed by atoms with Crippen molar-refractivity contribution in [2.75, 3.05) is 19.6 Å². The Balaban J connectivity index is 0.00000225. The molecule has 0 bridgehead atoms. The van der Waals surface area contributed by atoms with Crippen LogP contribution >= 0.6 is 24.0 Å². The van der Waals surface area contributed by atoms with Gasteiger partial charge in [0.1, 0.15) is 12.4 Å². The number of benzene rings is 1. The van der Waals surface area contributed by atoms with E-state index in [4.69, 9.17) is 11.6 Å². The number of aromatic nitrogens is 2. The molecule has 2 aromatic rings. The smallest absolute Gasteiger partial charge is 0.325 e. The van der Waals surface area contributed by atoms with Gasteiger partial charge in [0.2, 0.25) is 0 Å². The summed E-state index contributed by atoms with van der Waals surface area (Å²) in [5.41, 5.74) is 1.05. The topological polar surface area (TPSA) is 33.1 Å². The lowest BCUT2D eigenvalue weighted by Crippen LogP contribution is -2.45. The van der Waals surface area contributed by atoms with E-state index in [9.17, 15) is 13.2 Å². The van der Waals surface area contributed by atoms with Gasteiger partial charge in [-0.25, -0.2) is 4.98 Å². The summed E-state index contributed by atoms with van der Waals surface area (Å²) in [6.45, 7) is 1.59. The van der Waals surface area contributed by atoms with E-state index in [1.54, 1.807) is 0 Å². The number of halogens is 5. The van der Waals surface area contributed by atoms with Crippen LogP contribution in [-0.4, -0.2) is 40.3 Å². The van der Waals surface area contributed by atoms with Crippen molar-refractivity contribution in [1.82, 2.24) is 19.8 Å². The fourth-order valence-corrected chi connectivity index (χ4v) is 3.19. The Kier molecular flexibility index (Phi) is 6.73. The van der Waals surface area contributed by atoms with Gasteiger partial charge in [-0.3, -0.25) is 4.90 Å². The SMILES string of the molecule is Cl.FC(F)(F)Cn1ccnc1CN1CCNCC1c1cccc(Cl)c1. The van der Waals surface area contributed by atoms with E-state index in [2.05, 4.69) is 15.2 Å². The van der Waals surface area contributed by atoms with E-state index >= 15 is 0 Å². The summed E-state index contributed by atoms with van der Waals surface area (Å²) in [7, 11) is 0. The van der Waals surface area contributed by atoms with E-state index in [-0.39, 0.29) is 18.4 Å². The van der Waals surface area contributed by atoms with Gasteiger partial charge in [-0.1, -0.05) is 23.7 Å². The zero-order valence-corrected chi connectivity index (χ0v) is 14.9. The number of alkyl halides is 3. The average molecular weight is 395 g/mol. The summed E-state index contributed by atoms with van der Waals surface area (Å²) in [5.74, 6) is 0.418. The first-order chi connectivity index (χ1) is 11.4. The second kappa shape index (κ2) is 8.40. The normalized spacial score (nSPS) is 18.8. The van der Waals surface area contributed by atoms with Crippen molar-refractivity contribution in [1.29, 1.82) is 0 Å². The van der Waals surface area contributed by atoms with E-state index in [0.29, 0.717) is 17.4 Å². The minimum absolute atomic E-state index is 0. The molecule has 3 rings (SSSR count). The Morgan fingerprint density at radius 3 is 2.84 bits per heavy atom. The predicted molar refractivity (Wildman–Crippen MR) is 93.0 cm³/mol. The summed E-state index contributed by atoms with van der Waals surface area (Å²) in [5, 5.41) is 3.97. The van der Waals surface area contributed by atoms with E-state index in [1.807, 2.05) is 24.3 Å². The standard InChI is InChI=1S/C16H18ClF3N4.ClH/c17-13-3-1-2-12(8-13)14-9-21-4-6-23(14)10-15-22-5-7-24(15)11-16(18,19)20;/h1-3,5,7-8,14,21H,4,6,9-11H2;1H. The maximum atomic E-state index is 12.7. The molecule has 0 aliphatic carbocycles. The molecule has 1 atom stereocenters. The number of hydrogen-bond acceptors (Lipinski definition) is 3. The van der Waals surface area contributed by atoms with Gasteiger partial charge in [-0.05, 0) is 17.7 Å². The second-order valence-corrected chi connectivity index (χ2v) is 6.27. The van der Waals surface area contributed by atoms with Crippen LogP contribution < -0.4 is 5.32 Å². The van der Waals surface area contributed by atoms with Gasteiger partial charge in [0.05, 0.1) is 6.54 Å². The highest BCUT2D eigenvalue weighted by molar-refractivity contribution is 6.30. The number of imidazole rings is 1. The molecule has 1 N–H and O–H groups in total. The predicted octanol–water partition coefficient (Wildman–Crippen LogP) is 3.67. The fraction of sp³-hybridized carbons (Fsp3) is 0.438. The zero-order chi connectivity index (χ0) is 17.2. The zero-order valence-electron chi connectivity index (χ0n) is 13.3. The van der Waals surface area contributed by atoms with Crippen LogP contribution in [-0.2, 0) is 13.1 Å². The molecule has 1 fully saturated rings. The van der Waals surface area contributed by atoms with Crippen LogP contribution in [0.5, 0.6) is 0 Å². The van der Waals surface area contributed by atoms with E-state index in [1.165, 1.54) is 12.4 Å². The third-order valence-corrected chi connectivity index (χ3v) is 4.32. The molecule has 0 spiro atoms. The number of piperazine rings is 1. The van der Waals surface area contributed by atoms with Gasteiger partial charge in [-0.15, -0.1) is 12.4 Å². The highest BCUT2D eigenvalue weighted by Crippen LogP contribution is 2.26. The van der Waals surface area contributed by atoms with Gasteiger partial charge in [-0.2, -0.15) is 13.2 Å². The summed E-state index contributed by atoms with van der Waals surface area (Å²) in [6, 6.07) is 7.62. The molecule has 9 heteroatoms. The summed E-state index contributed by atoms with van der Waals surface area (Å²) in [6.07, 6.45) is -1.47. The minimum atomic E-state index is -4.26. The molecule has 2 heterocycles. The van der Waals surface area contributed by atoms with Crippen molar-refractivity contribution < 1.29 is 13.2 Å². The number of rotatable bonds is 4. The number of nitrogens with zero attached hydrogens (tertiary/aromatic N) is 3. The molecule has 0 saturated carbocycles. The number of nitrogens with one attached hydrogen (secondary N) is 1. The van der Waals surface area contributed by atoms with Gasteiger partial charge < -0.3 is 9.88 Å². The van der Waals surface area contributed by atoms with Crippen LogP contribution in [0.15, 0.2) is 36.7 Å². The van der Waals surface area contributed by atoms with Crippen LogP contribution in [0.25, 0.3) is 0 Å². The summed E-state index contributed by atoms with van der Waals surface area (Å²) >= 11 is 6.07. The molecule has 1 aliphatic rings. The van der Waals surface area contributed by atoms with Crippen LogP contribution in [0.2, 0.25) is 5.02 Å². The van der Waals surface area contributed by atoms with Gasteiger partial charge in [0.15, 0.2) is 0 Å². The van der Waals surface area contributed by atoms with Crippen molar-refractivity contribution >= 4 is 24.0 Å². The molecule has 1 saturated heterocycles. The fourth-order valence-electron chi connectivity index (χ4n) is 2.99. The molecule has 25 heavy (non-hydrogen) atoms. The third-order valence-electron chi connectivity index (χ3n) is 4.08. The maximum Gasteiger partial charge on any atom is 0.406 e. The lowest BCUT2D eigenvalue weighted by molar-refractivity contribution is -0.141. The molecule has 0 radical (unpaired) electrons. The van der Waals surface area contributed by atoms with Crippen molar-refractivity contribution in [2.45, 2.75) is 25.3 Å². The molecular formula is C16H19Cl2F3N4. The monoisotopic (exact) mass is 394 g/mol. The Bertz CT molecular complexity index is 690. The highest BCUT2D eigenvalue weighted by atomic mass is 35.5. The van der Waals surface area contributed by atoms with Crippen LogP contribution in [0.3, 0.4) is 0 Å². The Labute approximate surface area is 155 Å². The molecule has 0 amide bonds. The first kappa shape index (κ1) is 20.0. The maximum absolute atomic E-state index is 12.7. The van der Waals surface area contributed by atoms with Crippen LogP contribution in [0.1, 0.15) is 17.4 Å². The summed E-state index contributed by atoms with van der Waals surface area (Å²) in [4.78, 5) is 6.25. The third kappa shape index (κ3) is 5.34. The van der Waals surface area contributed by atoms with Crippen molar-refractivity contribution in [2.24, 2.45) is 0 Å². The Morgan fingerprint density at radius 1 is 1.32 bits per heavy atom. The van der Waals surface area contributed by atoms with Gasteiger partial charge >= 0.3 is 6.18 Å². The second-order valence-electron chi connectivity index (χ2n) is 5.83. The molecule has 1 aromatic heterocycles. The molecule has 1 aliphatic heterocycles. The van der Waals surface area contributed by atoms with E-state index in [0.717, 1.165) is 29.8 Å². The lowest BCUT2D eigenvalue weighted by atomic mass is 10.0. The van der Waals surface area contributed by atoms with Gasteiger partial charge in [0.25, 0.3) is 0 Å². The van der Waals surface area contributed by atoms with Crippen molar-refractivity contribution in [3.8, 4) is 0 Å². The van der Waals surface area contributed by atoms with Gasteiger partial charge in [0, 0.05) is 43.1 Å². The van der Waals surface area contributed by atoms with Crippen LogP contribution in [0.4, 0.5) is 13.2 Å². The van der Waals surface area contributed by atoms with Crippen molar-refractivity contribution in [3.63, 3.8) is 0 Å². The first-order valence-electron chi connectivity index (χ1n) is 7.69. The Morgan fingerprint density at radius 2 is 2.12 bits per heavy atom. The Hall–Kier alpha value is -1.28. The minimum Gasteiger partial charge on any atom is -0.325 e. The highest BCUT2D eigenvalue weighted by Gasteiger charge is 2.30. The first-order valence-corrected chi connectivity index (χ1v) is 8.07. The average Bonchev–Trinajstić information content (AvgIpc) is 2.93. The number of hydrogen-bond donors (Lipinski definition) is 1. The molecule has 4 nitrogen and oxygen atoms in total. The van der Waals surface area contributed by atoms with Crippen molar-refractivity contribution in [3.05, 3.63) is 53.1 Å². The molecule has 1 aromatic carbocycles. The lowest BCUT2D eigenvalue weighted by Gasteiger charge is -2.36. The molecule has 138 valence electrons. The molecule has 1 unspecified atom stereocenters. The molecular weight excluding hydrogens is 376 g/mol. The van der Waals surface area contributed by atoms with Crippen LogP contribution in [0, 0.1) is 0 Å².